The molecule has 0 spiro atoms. The van der Waals surface area contributed by atoms with Gasteiger partial charge in [-0.3, -0.25) is 14.6 Å². The molecule has 0 bridgehead atoms. The maximum atomic E-state index is 12.9. The normalized spacial score (nSPS) is 10.7. The highest BCUT2D eigenvalue weighted by atomic mass is 32.1. The molecule has 0 aliphatic carbocycles. The maximum absolute atomic E-state index is 12.9. The number of aryl methyl sites for hydroxylation is 1. The van der Waals surface area contributed by atoms with Gasteiger partial charge in [0.2, 0.25) is 5.91 Å². The summed E-state index contributed by atoms with van der Waals surface area (Å²) in [7, 11) is 0. The van der Waals surface area contributed by atoms with Crippen LogP contribution in [-0.2, 0) is 24.2 Å². The molecular weight excluding hydrogens is 362 g/mol. The van der Waals surface area contributed by atoms with Gasteiger partial charge in [-0.05, 0) is 31.0 Å². The molecule has 6 nitrogen and oxygen atoms in total. The largest absolute Gasteiger partial charge is 0.337 e. The third-order valence-corrected chi connectivity index (χ3v) is 5.15. The molecular formula is C20H21N3O3S. The summed E-state index contributed by atoms with van der Waals surface area (Å²) >= 11 is 1.66. The number of hydrogen-bond donors (Lipinski definition) is 2. The first kappa shape index (κ1) is 18.8. The summed E-state index contributed by atoms with van der Waals surface area (Å²) < 4.78 is 0. The number of hydrogen-bond acceptors (Lipinski definition) is 4. The average Bonchev–Trinajstić information content (AvgIpc) is 3.03. The van der Waals surface area contributed by atoms with Crippen LogP contribution in [0.25, 0.3) is 0 Å². The Morgan fingerprint density at radius 3 is 2.52 bits per heavy atom. The van der Waals surface area contributed by atoms with E-state index in [9.17, 15) is 14.4 Å². The lowest BCUT2D eigenvalue weighted by atomic mass is 10.1. The Labute approximate surface area is 160 Å². The first-order chi connectivity index (χ1) is 13.0. The van der Waals surface area contributed by atoms with Crippen LogP contribution in [0.2, 0.25) is 0 Å². The van der Waals surface area contributed by atoms with E-state index in [4.69, 9.17) is 0 Å². The first-order valence-corrected chi connectivity index (χ1v) is 9.51. The summed E-state index contributed by atoms with van der Waals surface area (Å²) in [5.41, 5.74) is 0.365. The van der Waals surface area contributed by atoms with Crippen LogP contribution in [0, 0.1) is 6.92 Å². The zero-order chi connectivity index (χ0) is 19.2. The molecule has 0 fully saturated rings. The van der Waals surface area contributed by atoms with Gasteiger partial charge in [0.1, 0.15) is 0 Å². The van der Waals surface area contributed by atoms with Gasteiger partial charge in [0, 0.05) is 28.1 Å². The Hall–Kier alpha value is -2.93. The molecule has 0 unspecified atom stereocenters. The van der Waals surface area contributed by atoms with Gasteiger partial charge in [-0.25, -0.2) is 4.79 Å². The van der Waals surface area contributed by atoms with Crippen LogP contribution in [0.3, 0.4) is 0 Å². The fraction of sp³-hybridized carbons (Fsp3) is 0.250. The summed E-state index contributed by atoms with van der Waals surface area (Å²) in [6.45, 7) is 3.11. The van der Waals surface area contributed by atoms with Crippen molar-refractivity contribution in [2.45, 2.75) is 26.3 Å². The molecule has 27 heavy (non-hydrogen) atoms. The van der Waals surface area contributed by atoms with Crippen LogP contribution in [0.1, 0.15) is 21.0 Å². The van der Waals surface area contributed by atoms with E-state index in [0.717, 1.165) is 16.9 Å². The summed E-state index contributed by atoms with van der Waals surface area (Å²) in [4.78, 5) is 44.5. The fourth-order valence-electron chi connectivity index (χ4n) is 2.85. The van der Waals surface area contributed by atoms with Crippen molar-refractivity contribution < 1.29 is 4.79 Å². The van der Waals surface area contributed by atoms with Crippen LogP contribution < -0.4 is 11.2 Å². The summed E-state index contributed by atoms with van der Waals surface area (Å²) in [5.74, 6) is -0.127. The van der Waals surface area contributed by atoms with Crippen molar-refractivity contribution in [1.29, 1.82) is 0 Å². The minimum absolute atomic E-state index is 0.0156. The Balaban J connectivity index is 1.75. The van der Waals surface area contributed by atoms with Crippen LogP contribution in [0.5, 0.6) is 0 Å². The molecule has 0 radical (unpaired) electrons. The van der Waals surface area contributed by atoms with Crippen molar-refractivity contribution in [1.82, 2.24) is 14.9 Å². The van der Waals surface area contributed by atoms with E-state index in [1.54, 1.807) is 16.2 Å². The van der Waals surface area contributed by atoms with E-state index in [-0.39, 0.29) is 12.3 Å². The third kappa shape index (κ3) is 5.52. The average molecular weight is 383 g/mol. The minimum Gasteiger partial charge on any atom is -0.337 e. The number of carbonyl (C=O) groups is 1. The van der Waals surface area contributed by atoms with Crippen molar-refractivity contribution in [2.24, 2.45) is 0 Å². The van der Waals surface area contributed by atoms with Crippen molar-refractivity contribution in [3.63, 3.8) is 0 Å². The van der Waals surface area contributed by atoms with Gasteiger partial charge < -0.3 is 9.88 Å². The molecule has 1 aromatic carbocycles. The predicted octanol–water partition coefficient (Wildman–Crippen LogP) is 2.25. The van der Waals surface area contributed by atoms with Crippen LogP contribution in [-0.4, -0.2) is 27.3 Å². The maximum Gasteiger partial charge on any atom is 0.325 e. The minimum atomic E-state index is -0.602. The number of aromatic nitrogens is 2. The smallest absolute Gasteiger partial charge is 0.325 e. The Bertz CT molecular complexity index is 992. The van der Waals surface area contributed by atoms with Gasteiger partial charge in [-0.1, -0.05) is 30.3 Å². The quantitative estimate of drug-likeness (QED) is 0.656. The number of benzene rings is 1. The molecule has 2 aromatic heterocycles. The zero-order valence-electron chi connectivity index (χ0n) is 15.0. The number of aromatic amines is 2. The number of nitrogens with one attached hydrogen (secondary N) is 2. The van der Waals surface area contributed by atoms with Crippen molar-refractivity contribution in [2.75, 3.05) is 6.54 Å². The van der Waals surface area contributed by atoms with Gasteiger partial charge in [0.25, 0.3) is 5.56 Å². The number of amides is 1. The highest BCUT2D eigenvalue weighted by Crippen LogP contribution is 2.18. The van der Waals surface area contributed by atoms with Crippen molar-refractivity contribution in [3.05, 3.63) is 90.4 Å². The first-order valence-electron chi connectivity index (χ1n) is 8.69. The fourth-order valence-corrected chi connectivity index (χ4v) is 3.75. The third-order valence-electron chi connectivity index (χ3n) is 4.17. The molecule has 2 N–H and O–H groups in total. The molecule has 140 valence electrons. The molecule has 0 saturated carbocycles. The van der Waals surface area contributed by atoms with Crippen LogP contribution in [0.4, 0.5) is 0 Å². The van der Waals surface area contributed by atoms with Crippen molar-refractivity contribution >= 4 is 17.2 Å². The predicted molar refractivity (Wildman–Crippen MR) is 106 cm³/mol. The monoisotopic (exact) mass is 383 g/mol. The molecule has 2 heterocycles. The Morgan fingerprint density at radius 1 is 1.07 bits per heavy atom. The standard InChI is InChI=1S/C20H21N3O3S/c1-14-7-8-17(27-14)13-23(10-9-15-5-3-2-4-6-15)19(25)12-16-11-18(24)22-20(26)21-16/h2-8,11H,9-10,12-13H2,1H3,(H2,21,22,24,26). The number of thiophene rings is 1. The highest BCUT2D eigenvalue weighted by Gasteiger charge is 2.16. The summed E-state index contributed by atoms with van der Waals surface area (Å²) in [6.07, 6.45) is 0.723. The second-order valence-electron chi connectivity index (χ2n) is 6.35. The summed E-state index contributed by atoms with van der Waals surface area (Å²) in [6, 6.07) is 15.3. The number of rotatable bonds is 7. The van der Waals surface area contributed by atoms with Crippen LogP contribution in [0.15, 0.2) is 58.1 Å². The van der Waals surface area contributed by atoms with E-state index in [0.29, 0.717) is 18.8 Å². The molecule has 0 aliphatic heterocycles. The second-order valence-corrected chi connectivity index (χ2v) is 7.73. The Kier molecular flexibility index (Phi) is 6.03. The van der Waals surface area contributed by atoms with Gasteiger partial charge in [0.05, 0.1) is 13.0 Å². The lowest BCUT2D eigenvalue weighted by Crippen LogP contribution is -2.34. The molecule has 3 rings (SSSR count). The lowest BCUT2D eigenvalue weighted by Gasteiger charge is -2.22. The zero-order valence-corrected chi connectivity index (χ0v) is 15.8. The van der Waals surface area contributed by atoms with Gasteiger partial charge >= 0.3 is 5.69 Å². The molecule has 0 saturated heterocycles. The molecule has 7 heteroatoms. The van der Waals surface area contributed by atoms with Crippen LogP contribution >= 0.6 is 11.3 Å². The molecule has 0 aliphatic rings. The second kappa shape index (κ2) is 8.64. The van der Waals surface area contributed by atoms with E-state index in [2.05, 4.69) is 9.97 Å². The summed E-state index contributed by atoms with van der Waals surface area (Å²) in [5, 5.41) is 0. The van der Waals surface area contributed by atoms with Crippen molar-refractivity contribution in [3.8, 4) is 0 Å². The van der Waals surface area contributed by atoms with Gasteiger partial charge in [0.15, 0.2) is 0 Å². The molecule has 1 amide bonds. The van der Waals surface area contributed by atoms with E-state index in [1.165, 1.54) is 10.9 Å². The number of nitrogens with zero attached hydrogens (tertiary/aromatic N) is 1. The molecule has 3 aromatic rings. The number of carbonyl (C=O) groups excluding carboxylic acids is 1. The van der Waals surface area contributed by atoms with E-state index < -0.39 is 11.2 Å². The lowest BCUT2D eigenvalue weighted by molar-refractivity contribution is -0.131. The van der Waals surface area contributed by atoms with Gasteiger partial charge in [-0.2, -0.15) is 0 Å². The highest BCUT2D eigenvalue weighted by molar-refractivity contribution is 7.11. The van der Waals surface area contributed by atoms with Gasteiger partial charge in [-0.15, -0.1) is 11.3 Å². The SMILES string of the molecule is Cc1ccc(CN(CCc2ccccc2)C(=O)Cc2cc(=O)[nH]c(=O)[nH]2)s1. The Morgan fingerprint density at radius 2 is 1.85 bits per heavy atom. The topological polar surface area (TPSA) is 86.0 Å². The molecule has 0 atom stereocenters. The van der Waals surface area contributed by atoms with E-state index in [1.807, 2.05) is 49.4 Å². The van der Waals surface area contributed by atoms with E-state index >= 15 is 0 Å². The number of H-pyrrole nitrogens is 2.